The summed E-state index contributed by atoms with van der Waals surface area (Å²) in [6, 6.07) is 13.8. The van der Waals surface area contributed by atoms with Gasteiger partial charge >= 0.3 is 0 Å². The molecule has 1 aromatic heterocycles. The molecule has 2 aliphatic rings. The number of anilines is 1. The highest BCUT2D eigenvalue weighted by Gasteiger charge is 2.26. The van der Waals surface area contributed by atoms with Crippen LogP contribution in [0.5, 0.6) is 0 Å². The topological polar surface area (TPSA) is 28.6 Å². The molecule has 2 aromatic rings. The van der Waals surface area contributed by atoms with Gasteiger partial charge in [-0.2, -0.15) is 0 Å². The van der Waals surface area contributed by atoms with Gasteiger partial charge in [0.25, 0.3) is 0 Å². The van der Waals surface area contributed by atoms with Crippen LogP contribution in [0.2, 0.25) is 0 Å². The van der Waals surface area contributed by atoms with Gasteiger partial charge in [0.2, 0.25) is 0 Å². The fourth-order valence-electron chi connectivity index (χ4n) is 4.87. The first kappa shape index (κ1) is 19.4. The van der Waals surface area contributed by atoms with E-state index in [1.807, 2.05) is 12.4 Å². The molecule has 0 N–H and O–H groups in total. The summed E-state index contributed by atoms with van der Waals surface area (Å²) in [5.41, 5.74) is 4.22. The quantitative estimate of drug-likeness (QED) is 0.762. The highest BCUT2D eigenvalue weighted by molar-refractivity contribution is 5.54. The number of ether oxygens (including phenoxy) is 1. The van der Waals surface area contributed by atoms with Gasteiger partial charge in [0.05, 0.1) is 12.2 Å². The minimum Gasteiger partial charge on any atom is -0.372 e. The summed E-state index contributed by atoms with van der Waals surface area (Å²) in [6.45, 7) is 8.46. The summed E-state index contributed by atoms with van der Waals surface area (Å²) in [5, 5.41) is 0. The van der Waals surface area contributed by atoms with Crippen molar-refractivity contribution in [3.63, 3.8) is 0 Å². The highest BCUT2D eigenvalue weighted by atomic mass is 16.5. The summed E-state index contributed by atoms with van der Waals surface area (Å²) in [4.78, 5) is 9.44. The summed E-state index contributed by atoms with van der Waals surface area (Å²) in [6.07, 6.45) is 9.58. The van der Waals surface area contributed by atoms with Crippen molar-refractivity contribution in [3.8, 4) is 0 Å². The van der Waals surface area contributed by atoms with E-state index in [0.717, 1.165) is 26.2 Å². The van der Waals surface area contributed by atoms with Gasteiger partial charge in [-0.3, -0.25) is 9.88 Å². The van der Waals surface area contributed by atoms with Crippen LogP contribution in [0.15, 0.2) is 48.8 Å². The lowest BCUT2D eigenvalue weighted by atomic mass is 10.0. The highest BCUT2D eigenvalue weighted by Crippen LogP contribution is 2.33. The molecule has 0 unspecified atom stereocenters. The molecule has 4 rings (SSSR count). The lowest BCUT2D eigenvalue weighted by molar-refractivity contribution is -0.00530. The van der Waals surface area contributed by atoms with Crippen LogP contribution in [-0.2, 0) is 11.3 Å². The molecule has 2 saturated heterocycles. The number of hydrogen-bond acceptors (Lipinski definition) is 4. The molecule has 0 aliphatic carbocycles. The molecule has 2 fully saturated rings. The van der Waals surface area contributed by atoms with Crippen molar-refractivity contribution in [1.82, 2.24) is 9.88 Å². The Labute approximate surface area is 169 Å². The summed E-state index contributed by atoms with van der Waals surface area (Å²) in [5.74, 6) is 0. The zero-order valence-corrected chi connectivity index (χ0v) is 17.3. The fourth-order valence-corrected chi connectivity index (χ4v) is 4.87. The minimum absolute atomic E-state index is 0.277. The first-order valence-corrected chi connectivity index (χ1v) is 10.8. The molecular formula is C24H33N3O. The summed E-state index contributed by atoms with van der Waals surface area (Å²) >= 11 is 0. The standard InChI is InChI=1S/C24H33N3O/c1-19-16-27(17-20(2)28-19)24-10-6-5-8-22(24)18-26-15-7-3-4-9-23(26)21-11-13-25-14-12-21/h5-6,8,10-14,19-20,23H,3-4,7,9,15-18H2,1-2H3/t19-,20+,23-/m0/s1. The number of rotatable bonds is 4. The predicted octanol–water partition coefficient (Wildman–Crippen LogP) is 4.81. The van der Waals surface area contributed by atoms with E-state index in [1.165, 1.54) is 42.5 Å². The van der Waals surface area contributed by atoms with E-state index in [2.05, 4.69) is 65.0 Å². The van der Waals surface area contributed by atoms with E-state index in [4.69, 9.17) is 4.74 Å². The number of morpholine rings is 1. The van der Waals surface area contributed by atoms with Gasteiger partial charge in [-0.25, -0.2) is 0 Å². The normalized spacial score (nSPS) is 26.8. The van der Waals surface area contributed by atoms with Gasteiger partial charge < -0.3 is 9.64 Å². The second-order valence-corrected chi connectivity index (χ2v) is 8.41. The predicted molar refractivity (Wildman–Crippen MR) is 115 cm³/mol. The molecule has 0 bridgehead atoms. The van der Waals surface area contributed by atoms with Crippen molar-refractivity contribution in [3.05, 3.63) is 59.9 Å². The van der Waals surface area contributed by atoms with E-state index in [-0.39, 0.29) is 12.2 Å². The average molecular weight is 380 g/mol. The Balaban J connectivity index is 1.58. The molecule has 4 nitrogen and oxygen atoms in total. The smallest absolute Gasteiger partial charge is 0.0726 e. The van der Waals surface area contributed by atoms with E-state index in [1.54, 1.807) is 0 Å². The number of aromatic nitrogens is 1. The second kappa shape index (κ2) is 9.06. The van der Waals surface area contributed by atoms with Crippen LogP contribution in [0, 0.1) is 0 Å². The van der Waals surface area contributed by atoms with Gasteiger partial charge in [0, 0.05) is 43.8 Å². The van der Waals surface area contributed by atoms with E-state index >= 15 is 0 Å². The lowest BCUT2D eigenvalue weighted by Gasteiger charge is -2.39. The van der Waals surface area contributed by atoms with E-state index in [9.17, 15) is 0 Å². The van der Waals surface area contributed by atoms with E-state index in [0.29, 0.717) is 6.04 Å². The third-order valence-corrected chi connectivity index (χ3v) is 6.08. The molecule has 3 atom stereocenters. The molecule has 0 spiro atoms. The molecule has 4 heteroatoms. The lowest BCUT2D eigenvalue weighted by Crippen LogP contribution is -2.46. The molecule has 2 aliphatic heterocycles. The van der Waals surface area contributed by atoms with E-state index < -0.39 is 0 Å². The average Bonchev–Trinajstić information content (AvgIpc) is 2.94. The minimum atomic E-state index is 0.277. The maximum Gasteiger partial charge on any atom is 0.0726 e. The first-order chi connectivity index (χ1) is 13.7. The maximum atomic E-state index is 5.96. The summed E-state index contributed by atoms with van der Waals surface area (Å²) < 4.78 is 5.96. The zero-order chi connectivity index (χ0) is 19.3. The van der Waals surface area contributed by atoms with Crippen molar-refractivity contribution in [1.29, 1.82) is 0 Å². The number of hydrogen-bond donors (Lipinski definition) is 0. The number of para-hydroxylation sites is 1. The molecule has 1 aromatic carbocycles. The Hall–Kier alpha value is -1.91. The van der Waals surface area contributed by atoms with Crippen LogP contribution in [0.1, 0.15) is 56.7 Å². The Morgan fingerprint density at radius 3 is 2.50 bits per heavy atom. The van der Waals surface area contributed by atoms with Crippen molar-refractivity contribution < 1.29 is 4.74 Å². The molecule has 28 heavy (non-hydrogen) atoms. The molecule has 3 heterocycles. The van der Waals surface area contributed by atoms with Gasteiger partial charge in [0.15, 0.2) is 0 Å². The Morgan fingerprint density at radius 2 is 1.71 bits per heavy atom. The van der Waals surface area contributed by atoms with Crippen LogP contribution in [0.25, 0.3) is 0 Å². The maximum absolute atomic E-state index is 5.96. The zero-order valence-electron chi connectivity index (χ0n) is 17.3. The van der Waals surface area contributed by atoms with Crippen molar-refractivity contribution in [2.75, 3.05) is 24.5 Å². The third-order valence-electron chi connectivity index (χ3n) is 6.08. The van der Waals surface area contributed by atoms with Crippen molar-refractivity contribution in [2.45, 2.75) is 64.3 Å². The van der Waals surface area contributed by atoms with Gasteiger partial charge in [-0.15, -0.1) is 0 Å². The number of benzene rings is 1. The van der Waals surface area contributed by atoms with Gasteiger partial charge in [-0.1, -0.05) is 31.0 Å². The molecule has 0 amide bonds. The Bertz CT molecular complexity index is 741. The molecule has 150 valence electrons. The number of pyridine rings is 1. The summed E-state index contributed by atoms with van der Waals surface area (Å²) in [7, 11) is 0. The monoisotopic (exact) mass is 379 g/mol. The number of nitrogens with zero attached hydrogens (tertiary/aromatic N) is 3. The molecule has 0 saturated carbocycles. The largest absolute Gasteiger partial charge is 0.372 e. The fraction of sp³-hybridized carbons (Fsp3) is 0.542. The van der Waals surface area contributed by atoms with Crippen LogP contribution < -0.4 is 4.90 Å². The molecule has 0 radical (unpaired) electrons. The Morgan fingerprint density at radius 1 is 0.964 bits per heavy atom. The van der Waals surface area contributed by atoms with Crippen molar-refractivity contribution >= 4 is 5.69 Å². The van der Waals surface area contributed by atoms with Crippen molar-refractivity contribution in [2.24, 2.45) is 0 Å². The van der Waals surface area contributed by atoms with Crippen LogP contribution in [0.4, 0.5) is 5.69 Å². The van der Waals surface area contributed by atoms with Gasteiger partial charge in [0.1, 0.15) is 0 Å². The molecular weight excluding hydrogens is 346 g/mol. The number of likely N-dealkylation sites (tertiary alicyclic amines) is 1. The SMILES string of the molecule is C[C@@H]1CN(c2ccccc2CN2CCCCC[C@H]2c2ccncc2)C[C@H](C)O1. The first-order valence-electron chi connectivity index (χ1n) is 10.8. The van der Waals surface area contributed by atoms with Crippen LogP contribution in [0.3, 0.4) is 0 Å². The van der Waals surface area contributed by atoms with Crippen LogP contribution in [-0.4, -0.2) is 41.7 Å². The second-order valence-electron chi connectivity index (χ2n) is 8.41. The van der Waals surface area contributed by atoms with Crippen LogP contribution >= 0.6 is 0 Å². The van der Waals surface area contributed by atoms with Gasteiger partial charge in [-0.05, 0) is 62.6 Å². The third kappa shape index (κ3) is 4.56. The Kier molecular flexibility index (Phi) is 6.28.